The molecule has 110 valence electrons. The maximum Gasteiger partial charge on any atom is 0.415 e. The van der Waals surface area contributed by atoms with Gasteiger partial charge in [-0.1, -0.05) is 49.1 Å². The minimum Gasteiger partial charge on any atom is -0.444 e. The fraction of sp³-hybridized carbons (Fsp3) is 0.278. The summed E-state index contributed by atoms with van der Waals surface area (Å²) in [6.45, 7) is 11.6. The van der Waals surface area contributed by atoms with E-state index in [2.05, 4.69) is 19.7 Å². The normalized spacial score (nSPS) is 21.0. The Bertz CT molecular complexity index is 535. The average molecular weight is 283 g/mol. The third-order valence-corrected chi connectivity index (χ3v) is 3.67. The smallest absolute Gasteiger partial charge is 0.415 e. The summed E-state index contributed by atoms with van der Waals surface area (Å²) in [6.07, 6.45) is 5.45. The number of cyclic esters (lactones) is 1. The summed E-state index contributed by atoms with van der Waals surface area (Å²) >= 11 is 0. The van der Waals surface area contributed by atoms with E-state index >= 15 is 0 Å². The van der Waals surface area contributed by atoms with Crippen LogP contribution in [0.15, 0.2) is 62.2 Å². The second-order valence-electron chi connectivity index (χ2n) is 5.06. The van der Waals surface area contributed by atoms with Crippen molar-refractivity contribution < 1.29 is 9.53 Å². The summed E-state index contributed by atoms with van der Waals surface area (Å²) in [6, 6.07) is 9.63. The molecule has 0 aliphatic carbocycles. The van der Waals surface area contributed by atoms with Crippen LogP contribution in [0.5, 0.6) is 0 Å². The zero-order valence-corrected chi connectivity index (χ0v) is 12.2. The van der Waals surface area contributed by atoms with Crippen LogP contribution in [0.25, 0.3) is 5.70 Å². The zero-order chi connectivity index (χ0) is 15.2. The van der Waals surface area contributed by atoms with Crippen LogP contribution in [0, 0.1) is 0 Å². The molecule has 1 aliphatic heterocycles. The number of benzene rings is 1. The minimum absolute atomic E-state index is 0.0531. The number of amides is 1. The molecule has 1 saturated heterocycles. The van der Waals surface area contributed by atoms with Crippen molar-refractivity contribution in [2.45, 2.75) is 31.4 Å². The highest BCUT2D eigenvalue weighted by molar-refractivity contribution is 5.83. The van der Waals surface area contributed by atoms with Crippen molar-refractivity contribution in [2.24, 2.45) is 0 Å². The summed E-state index contributed by atoms with van der Waals surface area (Å²) in [5.74, 6) is 0. The van der Waals surface area contributed by atoms with E-state index in [1.807, 2.05) is 42.5 Å². The molecule has 3 heteroatoms. The molecule has 1 fully saturated rings. The second-order valence-corrected chi connectivity index (χ2v) is 5.06. The first-order valence-electron chi connectivity index (χ1n) is 7.15. The quantitative estimate of drug-likeness (QED) is 0.695. The highest BCUT2D eigenvalue weighted by Crippen LogP contribution is 2.32. The van der Waals surface area contributed by atoms with E-state index < -0.39 is 0 Å². The third-order valence-electron chi connectivity index (χ3n) is 3.67. The van der Waals surface area contributed by atoms with Gasteiger partial charge in [-0.15, -0.1) is 13.2 Å². The van der Waals surface area contributed by atoms with Gasteiger partial charge in [0.2, 0.25) is 0 Å². The monoisotopic (exact) mass is 283 g/mol. The fourth-order valence-electron chi connectivity index (χ4n) is 2.61. The molecule has 21 heavy (non-hydrogen) atoms. The highest BCUT2D eigenvalue weighted by Gasteiger charge is 2.41. The Labute approximate surface area is 126 Å². The van der Waals surface area contributed by atoms with Gasteiger partial charge < -0.3 is 4.74 Å². The van der Waals surface area contributed by atoms with E-state index in [9.17, 15) is 4.79 Å². The summed E-state index contributed by atoms with van der Waals surface area (Å²) in [4.78, 5) is 13.9. The molecule has 1 amide bonds. The molecule has 2 atom stereocenters. The number of rotatable bonds is 7. The fourth-order valence-corrected chi connectivity index (χ4v) is 2.61. The average Bonchev–Trinajstić information content (AvgIpc) is 2.81. The summed E-state index contributed by atoms with van der Waals surface area (Å²) in [7, 11) is 0. The van der Waals surface area contributed by atoms with E-state index in [1.165, 1.54) is 0 Å². The van der Waals surface area contributed by atoms with Crippen LogP contribution in [0.4, 0.5) is 4.79 Å². The molecule has 1 aromatic rings. The molecule has 0 saturated carbocycles. The van der Waals surface area contributed by atoms with Crippen molar-refractivity contribution >= 4 is 11.8 Å². The maximum absolute atomic E-state index is 12.2. The van der Waals surface area contributed by atoms with Gasteiger partial charge in [-0.3, -0.25) is 4.90 Å². The van der Waals surface area contributed by atoms with Crippen molar-refractivity contribution in [1.82, 2.24) is 4.90 Å². The van der Waals surface area contributed by atoms with Gasteiger partial charge >= 0.3 is 6.09 Å². The standard InChI is InChI=1S/C18H21NO2/c1-4-6-13-17-16(10-5-2)19(18(20)21-17)14(3)15-11-8-7-9-12-15/h4-5,7-9,11-12,16-17H,1-3,6,10,13H2/t16-,17-/m1/s1. The van der Waals surface area contributed by atoms with E-state index in [-0.39, 0.29) is 18.2 Å². The lowest BCUT2D eigenvalue weighted by atomic mass is 10.0. The highest BCUT2D eigenvalue weighted by atomic mass is 16.6. The number of hydrogen-bond donors (Lipinski definition) is 0. The molecular formula is C18H21NO2. The zero-order valence-electron chi connectivity index (χ0n) is 12.2. The van der Waals surface area contributed by atoms with Crippen molar-refractivity contribution in [3.8, 4) is 0 Å². The van der Waals surface area contributed by atoms with Crippen molar-refractivity contribution in [3.05, 3.63) is 67.8 Å². The van der Waals surface area contributed by atoms with E-state index in [4.69, 9.17) is 4.74 Å². The summed E-state index contributed by atoms with van der Waals surface area (Å²) in [5, 5.41) is 0. The molecule has 0 unspecified atom stereocenters. The molecule has 2 rings (SSSR count). The summed E-state index contributed by atoms with van der Waals surface area (Å²) in [5.41, 5.74) is 1.60. The van der Waals surface area contributed by atoms with Crippen molar-refractivity contribution in [2.75, 3.05) is 0 Å². The Morgan fingerprint density at radius 1 is 1.24 bits per heavy atom. The van der Waals surface area contributed by atoms with Crippen molar-refractivity contribution in [3.63, 3.8) is 0 Å². The van der Waals surface area contributed by atoms with E-state index in [1.54, 1.807) is 4.90 Å². The molecule has 0 bridgehead atoms. The Morgan fingerprint density at radius 3 is 2.57 bits per heavy atom. The van der Waals surface area contributed by atoms with Crippen LogP contribution in [0.2, 0.25) is 0 Å². The lowest BCUT2D eigenvalue weighted by Crippen LogP contribution is -2.34. The molecular weight excluding hydrogens is 262 g/mol. The van der Waals surface area contributed by atoms with Crippen molar-refractivity contribution in [1.29, 1.82) is 0 Å². The number of carbonyl (C=O) groups excluding carboxylic acids is 1. The largest absolute Gasteiger partial charge is 0.444 e. The van der Waals surface area contributed by atoms with Crippen LogP contribution < -0.4 is 0 Å². The maximum atomic E-state index is 12.2. The Hall–Kier alpha value is -2.29. The van der Waals surface area contributed by atoms with Gasteiger partial charge in [0, 0.05) is 5.70 Å². The lowest BCUT2D eigenvalue weighted by molar-refractivity contribution is 0.126. The lowest BCUT2D eigenvalue weighted by Gasteiger charge is -2.25. The number of hydrogen-bond acceptors (Lipinski definition) is 2. The van der Waals surface area contributed by atoms with Gasteiger partial charge in [0.25, 0.3) is 0 Å². The Balaban J connectivity index is 2.23. The van der Waals surface area contributed by atoms with Crippen LogP contribution in [0.1, 0.15) is 24.8 Å². The molecule has 0 spiro atoms. The number of nitrogens with zero attached hydrogens (tertiary/aromatic N) is 1. The predicted octanol–water partition coefficient (Wildman–Crippen LogP) is 4.39. The van der Waals surface area contributed by atoms with Crippen LogP contribution in [0.3, 0.4) is 0 Å². The molecule has 0 radical (unpaired) electrons. The van der Waals surface area contributed by atoms with Crippen LogP contribution in [-0.4, -0.2) is 23.1 Å². The van der Waals surface area contributed by atoms with Gasteiger partial charge in [-0.25, -0.2) is 4.79 Å². The molecule has 0 N–H and O–H groups in total. The third kappa shape index (κ3) is 3.24. The van der Waals surface area contributed by atoms with Crippen LogP contribution >= 0.6 is 0 Å². The molecule has 0 aromatic heterocycles. The van der Waals surface area contributed by atoms with Gasteiger partial charge in [-0.2, -0.15) is 0 Å². The minimum atomic E-state index is -0.329. The topological polar surface area (TPSA) is 29.5 Å². The number of carbonyl (C=O) groups is 1. The Morgan fingerprint density at radius 2 is 1.95 bits per heavy atom. The Kier molecular flexibility index (Phi) is 4.99. The first-order chi connectivity index (χ1) is 10.2. The van der Waals surface area contributed by atoms with Crippen LogP contribution in [-0.2, 0) is 4.74 Å². The summed E-state index contributed by atoms with van der Waals surface area (Å²) < 4.78 is 5.51. The first kappa shape index (κ1) is 15.1. The molecule has 1 aromatic carbocycles. The predicted molar refractivity (Wildman–Crippen MR) is 85.6 cm³/mol. The number of allylic oxidation sites excluding steroid dienone is 1. The van der Waals surface area contributed by atoms with E-state index in [0.717, 1.165) is 18.4 Å². The number of ether oxygens (including phenoxy) is 1. The molecule has 1 aliphatic rings. The van der Waals surface area contributed by atoms with Gasteiger partial charge in [0.05, 0.1) is 6.04 Å². The second kappa shape index (κ2) is 6.93. The van der Waals surface area contributed by atoms with Gasteiger partial charge in [0.1, 0.15) is 6.10 Å². The van der Waals surface area contributed by atoms with E-state index in [0.29, 0.717) is 12.1 Å². The molecule has 1 heterocycles. The van der Waals surface area contributed by atoms with Gasteiger partial charge in [0.15, 0.2) is 0 Å². The SMILES string of the molecule is C=CCC[C@H]1OC(=O)N(C(=C)c2ccccc2)[C@@H]1CC=C. The molecule has 3 nitrogen and oxygen atoms in total. The first-order valence-corrected chi connectivity index (χ1v) is 7.15. The van der Waals surface area contributed by atoms with Gasteiger partial charge in [-0.05, 0) is 24.8 Å².